The van der Waals surface area contributed by atoms with Gasteiger partial charge in [0.15, 0.2) is 5.78 Å². The topological polar surface area (TPSA) is 26.3 Å². The summed E-state index contributed by atoms with van der Waals surface area (Å²) in [6.45, 7) is 1.49. The average molecular weight is 344 g/mol. The fraction of sp³-hybridized carbons (Fsp3) is 0.0714. The van der Waals surface area contributed by atoms with E-state index in [1.807, 2.05) is 0 Å². The monoisotopic (exact) mass is 342 g/mol. The molecular formula is C14H9BrClFO2. The second-order valence-corrected chi connectivity index (χ2v) is 5.14. The number of Topliss-reactive ketones (excluding diaryl/α,β-unsaturated/α-hetero) is 1. The zero-order valence-electron chi connectivity index (χ0n) is 9.91. The first-order valence-electron chi connectivity index (χ1n) is 5.41. The summed E-state index contributed by atoms with van der Waals surface area (Å²) in [5.74, 6) is 0.383. The van der Waals surface area contributed by atoms with E-state index in [9.17, 15) is 9.18 Å². The van der Waals surface area contributed by atoms with E-state index in [1.165, 1.54) is 25.1 Å². The van der Waals surface area contributed by atoms with Crippen molar-refractivity contribution in [3.05, 3.63) is 57.3 Å². The van der Waals surface area contributed by atoms with Gasteiger partial charge < -0.3 is 4.74 Å². The maximum Gasteiger partial charge on any atom is 0.159 e. The zero-order valence-corrected chi connectivity index (χ0v) is 12.3. The summed E-state index contributed by atoms with van der Waals surface area (Å²) in [4.78, 5) is 11.2. The fourth-order valence-electron chi connectivity index (χ4n) is 1.48. The average Bonchev–Trinajstić information content (AvgIpc) is 2.34. The van der Waals surface area contributed by atoms with E-state index in [-0.39, 0.29) is 10.8 Å². The van der Waals surface area contributed by atoms with Gasteiger partial charge in [0, 0.05) is 5.56 Å². The van der Waals surface area contributed by atoms with Crippen LogP contribution in [0.1, 0.15) is 17.3 Å². The highest BCUT2D eigenvalue weighted by Crippen LogP contribution is 2.34. The van der Waals surface area contributed by atoms with Gasteiger partial charge in [0.2, 0.25) is 0 Å². The van der Waals surface area contributed by atoms with Crippen molar-refractivity contribution in [2.45, 2.75) is 6.92 Å². The molecule has 0 amide bonds. The summed E-state index contributed by atoms with van der Waals surface area (Å²) >= 11 is 9.20. The van der Waals surface area contributed by atoms with Crippen molar-refractivity contribution in [3.63, 3.8) is 0 Å². The molecule has 0 N–H and O–H groups in total. The first kappa shape index (κ1) is 14.0. The Morgan fingerprint density at radius 1 is 1.21 bits per heavy atom. The number of hydrogen-bond acceptors (Lipinski definition) is 2. The van der Waals surface area contributed by atoms with Gasteiger partial charge in [0.05, 0.1) is 9.50 Å². The lowest BCUT2D eigenvalue weighted by atomic mass is 10.1. The molecule has 0 saturated carbocycles. The summed E-state index contributed by atoms with van der Waals surface area (Å²) in [5.41, 5.74) is 0.574. The third-order valence-electron chi connectivity index (χ3n) is 2.45. The molecule has 0 fully saturated rings. The highest BCUT2D eigenvalue weighted by molar-refractivity contribution is 9.10. The molecule has 98 valence electrons. The Bertz CT molecular complexity index is 643. The minimum Gasteiger partial charge on any atom is -0.455 e. The van der Waals surface area contributed by atoms with Gasteiger partial charge in [0.25, 0.3) is 0 Å². The zero-order chi connectivity index (χ0) is 14.0. The maximum absolute atomic E-state index is 12.9. The molecule has 2 rings (SSSR count). The molecule has 0 radical (unpaired) electrons. The van der Waals surface area contributed by atoms with Gasteiger partial charge in [-0.1, -0.05) is 11.6 Å². The molecule has 0 aliphatic carbocycles. The van der Waals surface area contributed by atoms with Crippen molar-refractivity contribution < 1.29 is 13.9 Å². The normalized spacial score (nSPS) is 10.3. The molecule has 0 unspecified atom stereocenters. The molecule has 0 saturated heterocycles. The minimum atomic E-state index is -0.427. The molecule has 2 aromatic rings. The Morgan fingerprint density at radius 2 is 1.89 bits per heavy atom. The molecule has 0 aromatic heterocycles. The van der Waals surface area contributed by atoms with Gasteiger partial charge in [-0.2, -0.15) is 0 Å². The van der Waals surface area contributed by atoms with Gasteiger partial charge in [-0.3, -0.25) is 4.79 Å². The number of ether oxygens (including phenoxy) is 1. The lowest BCUT2D eigenvalue weighted by Gasteiger charge is -2.10. The third-order valence-corrected chi connectivity index (χ3v) is 3.37. The molecule has 5 heteroatoms. The summed E-state index contributed by atoms with van der Waals surface area (Å²) in [6.07, 6.45) is 0. The van der Waals surface area contributed by atoms with Gasteiger partial charge in [-0.15, -0.1) is 0 Å². The van der Waals surface area contributed by atoms with Crippen LogP contribution in [0, 0.1) is 5.82 Å². The van der Waals surface area contributed by atoms with Gasteiger partial charge in [-0.25, -0.2) is 4.39 Å². The molecule has 2 aromatic carbocycles. The first-order valence-corrected chi connectivity index (χ1v) is 6.58. The van der Waals surface area contributed by atoms with Crippen LogP contribution in [0.4, 0.5) is 4.39 Å². The van der Waals surface area contributed by atoms with Crippen LogP contribution in [0.15, 0.2) is 40.9 Å². The van der Waals surface area contributed by atoms with Crippen molar-refractivity contribution in [1.29, 1.82) is 0 Å². The van der Waals surface area contributed by atoms with Crippen molar-refractivity contribution in [2.24, 2.45) is 0 Å². The Labute approximate surface area is 123 Å². The van der Waals surface area contributed by atoms with Crippen LogP contribution in [0.3, 0.4) is 0 Å². The van der Waals surface area contributed by atoms with Crippen molar-refractivity contribution in [1.82, 2.24) is 0 Å². The lowest BCUT2D eigenvalue weighted by Crippen LogP contribution is -1.93. The van der Waals surface area contributed by atoms with E-state index in [2.05, 4.69) is 15.9 Å². The molecular weight excluding hydrogens is 335 g/mol. The Kier molecular flexibility index (Phi) is 4.22. The van der Waals surface area contributed by atoms with Crippen LogP contribution >= 0.6 is 27.5 Å². The number of benzene rings is 2. The van der Waals surface area contributed by atoms with Crippen LogP contribution in [0.25, 0.3) is 0 Å². The second-order valence-electron chi connectivity index (χ2n) is 3.88. The highest BCUT2D eigenvalue weighted by Gasteiger charge is 2.09. The summed E-state index contributed by atoms with van der Waals surface area (Å²) in [7, 11) is 0. The number of carbonyl (C=O) groups excluding carboxylic acids is 1. The van der Waals surface area contributed by atoms with Crippen LogP contribution in [-0.4, -0.2) is 5.78 Å². The third kappa shape index (κ3) is 3.33. The smallest absolute Gasteiger partial charge is 0.159 e. The highest BCUT2D eigenvalue weighted by atomic mass is 79.9. The molecule has 0 atom stereocenters. The molecule has 0 heterocycles. The van der Waals surface area contributed by atoms with Gasteiger partial charge in [-0.05, 0) is 59.3 Å². The summed E-state index contributed by atoms with van der Waals surface area (Å²) < 4.78 is 19.1. The number of ketones is 1. The number of halogens is 3. The van der Waals surface area contributed by atoms with E-state index >= 15 is 0 Å². The predicted molar refractivity (Wildman–Crippen MR) is 75.6 cm³/mol. The second kappa shape index (κ2) is 5.72. The molecule has 0 bridgehead atoms. The Hall–Kier alpha value is -1.39. The van der Waals surface area contributed by atoms with Crippen molar-refractivity contribution >= 4 is 33.3 Å². The SMILES string of the molecule is CC(=O)c1ccc(Oc2ccc(F)cc2Cl)c(Br)c1. The number of carbonyl (C=O) groups is 1. The molecule has 19 heavy (non-hydrogen) atoms. The van der Waals surface area contributed by atoms with Crippen LogP contribution < -0.4 is 4.74 Å². The van der Waals surface area contributed by atoms with E-state index in [1.54, 1.807) is 18.2 Å². The minimum absolute atomic E-state index is 0.0351. The van der Waals surface area contributed by atoms with Crippen molar-refractivity contribution in [2.75, 3.05) is 0 Å². The van der Waals surface area contributed by atoms with Crippen LogP contribution in [0.5, 0.6) is 11.5 Å². The quantitative estimate of drug-likeness (QED) is 0.713. The molecule has 0 aliphatic rings. The summed E-state index contributed by atoms with van der Waals surface area (Å²) in [6, 6.07) is 8.85. The molecule has 0 spiro atoms. The van der Waals surface area contributed by atoms with Crippen molar-refractivity contribution in [3.8, 4) is 11.5 Å². The summed E-state index contributed by atoms with van der Waals surface area (Å²) in [5, 5.41) is 0.183. The fourth-order valence-corrected chi connectivity index (χ4v) is 2.14. The largest absolute Gasteiger partial charge is 0.455 e. The Morgan fingerprint density at radius 3 is 2.47 bits per heavy atom. The Balaban J connectivity index is 2.31. The van der Waals surface area contributed by atoms with Crippen LogP contribution in [0.2, 0.25) is 5.02 Å². The first-order chi connectivity index (χ1) is 8.97. The maximum atomic E-state index is 12.9. The van der Waals surface area contributed by atoms with E-state index < -0.39 is 5.82 Å². The predicted octanol–water partition coefficient (Wildman–Crippen LogP) is 5.24. The van der Waals surface area contributed by atoms with E-state index in [0.717, 1.165) is 0 Å². The van der Waals surface area contributed by atoms with E-state index in [0.29, 0.717) is 21.5 Å². The lowest BCUT2D eigenvalue weighted by molar-refractivity contribution is 0.101. The van der Waals surface area contributed by atoms with Gasteiger partial charge in [0.1, 0.15) is 17.3 Å². The standard InChI is InChI=1S/C14H9BrClFO2/c1-8(18)9-2-4-13(11(15)6-9)19-14-5-3-10(17)7-12(14)16/h2-7H,1H3. The number of rotatable bonds is 3. The van der Waals surface area contributed by atoms with Crippen LogP contribution in [-0.2, 0) is 0 Å². The number of hydrogen-bond donors (Lipinski definition) is 0. The molecule has 0 aliphatic heterocycles. The van der Waals surface area contributed by atoms with E-state index in [4.69, 9.17) is 16.3 Å². The molecule has 2 nitrogen and oxygen atoms in total. The van der Waals surface area contributed by atoms with Gasteiger partial charge >= 0.3 is 0 Å².